The molecule has 0 atom stereocenters. The van der Waals surface area contributed by atoms with Gasteiger partial charge in [0, 0.05) is 13.1 Å². The first-order valence-corrected chi connectivity index (χ1v) is 6.74. The molecule has 0 aliphatic heterocycles. The Labute approximate surface area is 114 Å². The van der Waals surface area contributed by atoms with E-state index in [-0.39, 0.29) is 5.41 Å². The highest BCUT2D eigenvalue weighted by molar-refractivity contribution is 5.17. The van der Waals surface area contributed by atoms with Crippen LogP contribution < -0.4 is 5.73 Å². The van der Waals surface area contributed by atoms with Crippen molar-refractivity contribution in [3.05, 3.63) is 35.4 Å². The van der Waals surface area contributed by atoms with E-state index < -0.39 is 11.6 Å². The summed E-state index contributed by atoms with van der Waals surface area (Å²) < 4.78 is 26.1. The number of hydrogen-bond acceptors (Lipinski definition) is 2. The molecule has 1 aromatic carbocycles. The van der Waals surface area contributed by atoms with Crippen molar-refractivity contribution in [1.82, 2.24) is 4.90 Å². The lowest BCUT2D eigenvalue weighted by atomic mass is 9.93. The Hall–Kier alpha value is -1.00. The number of hydrogen-bond donors (Lipinski definition) is 1. The molecule has 0 aromatic heterocycles. The lowest BCUT2D eigenvalue weighted by Crippen LogP contribution is -2.38. The van der Waals surface area contributed by atoms with E-state index in [0.29, 0.717) is 13.1 Å². The van der Waals surface area contributed by atoms with Crippen molar-refractivity contribution in [2.45, 2.75) is 33.7 Å². The van der Waals surface area contributed by atoms with Crippen LogP contribution in [0.3, 0.4) is 0 Å². The van der Waals surface area contributed by atoms with Gasteiger partial charge in [-0.25, -0.2) is 8.78 Å². The highest BCUT2D eigenvalue weighted by Gasteiger charge is 2.20. The van der Waals surface area contributed by atoms with Crippen LogP contribution >= 0.6 is 0 Å². The Bertz CT molecular complexity index is 405. The number of nitrogens with two attached hydrogens (primary N) is 1. The summed E-state index contributed by atoms with van der Waals surface area (Å²) in [6.07, 6.45) is 1.02. The van der Waals surface area contributed by atoms with E-state index in [1.54, 1.807) is 6.07 Å². The van der Waals surface area contributed by atoms with E-state index in [0.717, 1.165) is 25.1 Å². The minimum Gasteiger partial charge on any atom is -0.330 e. The molecule has 0 fully saturated rings. The lowest BCUT2D eigenvalue weighted by Gasteiger charge is -2.31. The molecule has 0 amide bonds. The van der Waals surface area contributed by atoms with Gasteiger partial charge in [-0.3, -0.25) is 4.90 Å². The van der Waals surface area contributed by atoms with Crippen LogP contribution in [-0.4, -0.2) is 24.5 Å². The molecule has 108 valence electrons. The first-order valence-electron chi connectivity index (χ1n) is 6.74. The Balaban J connectivity index is 2.74. The van der Waals surface area contributed by atoms with Crippen molar-refractivity contribution in [2.75, 3.05) is 19.6 Å². The molecule has 0 saturated carbocycles. The Morgan fingerprint density at radius 1 is 1.21 bits per heavy atom. The molecule has 4 heteroatoms. The van der Waals surface area contributed by atoms with E-state index in [2.05, 4.69) is 25.7 Å². The quantitative estimate of drug-likeness (QED) is 0.824. The molecule has 2 nitrogen and oxygen atoms in total. The molecule has 0 aliphatic carbocycles. The van der Waals surface area contributed by atoms with Gasteiger partial charge in [-0.15, -0.1) is 0 Å². The summed E-state index contributed by atoms with van der Waals surface area (Å²) in [4.78, 5) is 2.24. The summed E-state index contributed by atoms with van der Waals surface area (Å²) in [6.45, 7) is 9.31. The van der Waals surface area contributed by atoms with Crippen LogP contribution in [0.1, 0.15) is 32.8 Å². The lowest BCUT2D eigenvalue weighted by molar-refractivity contribution is 0.175. The molecule has 1 rings (SSSR count). The molecule has 19 heavy (non-hydrogen) atoms. The molecular weight excluding hydrogens is 246 g/mol. The SMILES string of the molecule is CCCN(Cc1ccc(F)c(F)c1)CC(C)(C)CN. The third-order valence-electron chi connectivity index (χ3n) is 3.13. The Kier molecular flexibility index (Phi) is 5.88. The first-order chi connectivity index (χ1) is 8.88. The largest absolute Gasteiger partial charge is 0.330 e. The van der Waals surface area contributed by atoms with Crippen molar-refractivity contribution in [3.63, 3.8) is 0 Å². The summed E-state index contributed by atoms with van der Waals surface area (Å²) in [6, 6.07) is 4.09. The molecule has 2 N–H and O–H groups in total. The van der Waals surface area contributed by atoms with Crippen molar-refractivity contribution in [2.24, 2.45) is 11.1 Å². The van der Waals surface area contributed by atoms with Gasteiger partial charge in [0.15, 0.2) is 11.6 Å². The molecule has 0 bridgehead atoms. The second-order valence-corrected chi connectivity index (χ2v) is 5.83. The van der Waals surface area contributed by atoms with E-state index in [1.165, 1.54) is 12.1 Å². The number of rotatable bonds is 7. The fourth-order valence-electron chi connectivity index (χ4n) is 2.10. The van der Waals surface area contributed by atoms with Crippen LogP contribution in [0, 0.1) is 17.0 Å². The van der Waals surface area contributed by atoms with Gasteiger partial charge in [-0.05, 0) is 42.6 Å². The first kappa shape index (κ1) is 16.1. The predicted molar refractivity (Wildman–Crippen MR) is 74.8 cm³/mol. The summed E-state index contributed by atoms with van der Waals surface area (Å²) in [7, 11) is 0. The molecule has 0 unspecified atom stereocenters. The Morgan fingerprint density at radius 3 is 2.42 bits per heavy atom. The Morgan fingerprint density at radius 2 is 1.89 bits per heavy atom. The average Bonchev–Trinajstić information content (AvgIpc) is 2.34. The standard InChI is InChI=1S/C15H24F2N2/c1-4-7-19(11-15(2,3)10-18)9-12-5-6-13(16)14(17)8-12/h5-6,8H,4,7,9-11,18H2,1-3H3. The zero-order valence-electron chi connectivity index (χ0n) is 12.0. The van der Waals surface area contributed by atoms with E-state index in [9.17, 15) is 8.78 Å². The van der Waals surface area contributed by atoms with Gasteiger partial charge in [0.1, 0.15) is 0 Å². The van der Waals surface area contributed by atoms with Crippen molar-refractivity contribution < 1.29 is 8.78 Å². The summed E-state index contributed by atoms with van der Waals surface area (Å²) in [5.74, 6) is -1.58. The molecular formula is C15H24F2N2. The van der Waals surface area contributed by atoms with Gasteiger partial charge >= 0.3 is 0 Å². The molecule has 0 aliphatic rings. The van der Waals surface area contributed by atoms with Crippen LogP contribution in [0.5, 0.6) is 0 Å². The van der Waals surface area contributed by atoms with Gasteiger partial charge in [0.2, 0.25) is 0 Å². The zero-order valence-corrected chi connectivity index (χ0v) is 12.0. The van der Waals surface area contributed by atoms with E-state index in [4.69, 9.17) is 5.73 Å². The van der Waals surface area contributed by atoms with Gasteiger partial charge < -0.3 is 5.73 Å². The number of benzene rings is 1. The van der Waals surface area contributed by atoms with Crippen LogP contribution in [0.15, 0.2) is 18.2 Å². The minimum absolute atomic E-state index is 0.0216. The molecule has 0 saturated heterocycles. The summed E-state index contributed by atoms with van der Waals surface area (Å²) in [5, 5.41) is 0. The second-order valence-electron chi connectivity index (χ2n) is 5.83. The smallest absolute Gasteiger partial charge is 0.159 e. The highest BCUT2D eigenvalue weighted by Crippen LogP contribution is 2.18. The van der Waals surface area contributed by atoms with E-state index >= 15 is 0 Å². The maximum absolute atomic E-state index is 13.2. The van der Waals surface area contributed by atoms with Crippen molar-refractivity contribution >= 4 is 0 Å². The predicted octanol–water partition coefficient (Wildman–Crippen LogP) is 3.16. The maximum Gasteiger partial charge on any atom is 0.159 e. The molecule has 1 aromatic rings. The van der Waals surface area contributed by atoms with Gasteiger partial charge in [-0.1, -0.05) is 26.8 Å². The molecule has 0 radical (unpaired) electrons. The van der Waals surface area contributed by atoms with Crippen molar-refractivity contribution in [3.8, 4) is 0 Å². The summed E-state index contributed by atoms with van der Waals surface area (Å²) >= 11 is 0. The molecule has 0 spiro atoms. The third kappa shape index (κ3) is 5.25. The normalized spacial score (nSPS) is 12.2. The topological polar surface area (TPSA) is 29.3 Å². The average molecular weight is 270 g/mol. The van der Waals surface area contributed by atoms with Gasteiger partial charge in [0.25, 0.3) is 0 Å². The minimum atomic E-state index is -0.798. The monoisotopic (exact) mass is 270 g/mol. The van der Waals surface area contributed by atoms with Crippen LogP contribution in [-0.2, 0) is 6.54 Å². The van der Waals surface area contributed by atoms with E-state index in [1.807, 2.05) is 0 Å². The fourth-order valence-corrected chi connectivity index (χ4v) is 2.10. The van der Waals surface area contributed by atoms with Gasteiger partial charge in [0.05, 0.1) is 0 Å². The maximum atomic E-state index is 13.2. The second kappa shape index (κ2) is 6.96. The van der Waals surface area contributed by atoms with Crippen LogP contribution in [0.25, 0.3) is 0 Å². The fraction of sp³-hybridized carbons (Fsp3) is 0.600. The van der Waals surface area contributed by atoms with Crippen LogP contribution in [0.2, 0.25) is 0 Å². The third-order valence-corrected chi connectivity index (χ3v) is 3.13. The van der Waals surface area contributed by atoms with Crippen molar-refractivity contribution in [1.29, 1.82) is 0 Å². The molecule has 0 heterocycles. The highest BCUT2D eigenvalue weighted by atomic mass is 19.2. The zero-order chi connectivity index (χ0) is 14.5. The summed E-state index contributed by atoms with van der Waals surface area (Å²) in [5.41, 5.74) is 6.57. The number of halogens is 2. The van der Waals surface area contributed by atoms with Gasteiger partial charge in [-0.2, -0.15) is 0 Å². The number of nitrogens with zero attached hydrogens (tertiary/aromatic N) is 1. The van der Waals surface area contributed by atoms with Crippen LogP contribution in [0.4, 0.5) is 8.78 Å².